The SMILES string of the molecule is CCC(CCCO)N1CCOCC1. The number of nitrogens with zero attached hydrogens (tertiary/aromatic N) is 1. The van der Waals surface area contributed by atoms with Crippen LogP contribution in [-0.4, -0.2) is 49.0 Å². The Morgan fingerprint density at radius 2 is 2.08 bits per heavy atom. The van der Waals surface area contributed by atoms with Crippen molar-refractivity contribution >= 4 is 0 Å². The van der Waals surface area contributed by atoms with Crippen LogP contribution in [-0.2, 0) is 4.74 Å². The van der Waals surface area contributed by atoms with E-state index in [2.05, 4.69) is 11.8 Å². The van der Waals surface area contributed by atoms with Gasteiger partial charge in [0.05, 0.1) is 13.2 Å². The van der Waals surface area contributed by atoms with Gasteiger partial charge >= 0.3 is 0 Å². The van der Waals surface area contributed by atoms with Gasteiger partial charge < -0.3 is 9.84 Å². The van der Waals surface area contributed by atoms with E-state index in [1.54, 1.807) is 0 Å². The highest BCUT2D eigenvalue weighted by atomic mass is 16.5. The molecule has 0 aromatic heterocycles. The van der Waals surface area contributed by atoms with Crippen LogP contribution in [0.4, 0.5) is 0 Å². The molecular weight excluding hydrogens is 166 g/mol. The minimum absolute atomic E-state index is 0.320. The van der Waals surface area contributed by atoms with Gasteiger partial charge in [-0.1, -0.05) is 6.92 Å². The van der Waals surface area contributed by atoms with E-state index < -0.39 is 0 Å². The van der Waals surface area contributed by atoms with Gasteiger partial charge in [0.25, 0.3) is 0 Å². The molecule has 1 saturated heterocycles. The van der Waals surface area contributed by atoms with Crippen molar-refractivity contribution in [3.63, 3.8) is 0 Å². The molecule has 3 nitrogen and oxygen atoms in total. The standard InChI is InChI=1S/C10H21NO2/c1-2-10(4-3-7-12)11-5-8-13-9-6-11/h10,12H,2-9H2,1H3. The van der Waals surface area contributed by atoms with E-state index in [0.29, 0.717) is 12.6 Å². The summed E-state index contributed by atoms with van der Waals surface area (Å²) in [4.78, 5) is 2.49. The molecular formula is C10H21NO2. The summed E-state index contributed by atoms with van der Waals surface area (Å²) in [5.41, 5.74) is 0. The van der Waals surface area contributed by atoms with Crippen molar-refractivity contribution < 1.29 is 9.84 Å². The second kappa shape index (κ2) is 6.35. The van der Waals surface area contributed by atoms with Gasteiger partial charge in [0.15, 0.2) is 0 Å². The van der Waals surface area contributed by atoms with E-state index in [0.717, 1.165) is 39.1 Å². The summed E-state index contributed by atoms with van der Waals surface area (Å²) in [6, 6.07) is 0.649. The Morgan fingerprint density at radius 3 is 2.62 bits per heavy atom. The molecule has 0 aliphatic carbocycles. The van der Waals surface area contributed by atoms with Crippen molar-refractivity contribution in [2.24, 2.45) is 0 Å². The first-order valence-corrected chi connectivity index (χ1v) is 5.31. The van der Waals surface area contributed by atoms with Crippen molar-refractivity contribution in [3.05, 3.63) is 0 Å². The molecule has 78 valence electrons. The minimum atomic E-state index is 0.320. The molecule has 1 unspecified atom stereocenters. The molecule has 1 aliphatic heterocycles. The highest BCUT2D eigenvalue weighted by molar-refractivity contribution is 4.72. The van der Waals surface area contributed by atoms with E-state index in [9.17, 15) is 0 Å². The van der Waals surface area contributed by atoms with Crippen LogP contribution in [0.15, 0.2) is 0 Å². The third-order valence-corrected chi connectivity index (χ3v) is 2.73. The van der Waals surface area contributed by atoms with Gasteiger partial charge in [-0.3, -0.25) is 4.90 Å². The average molecular weight is 187 g/mol. The number of aliphatic hydroxyl groups is 1. The zero-order valence-electron chi connectivity index (χ0n) is 8.54. The largest absolute Gasteiger partial charge is 0.396 e. The second-order valence-corrected chi connectivity index (χ2v) is 3.58. The van der Waals surface area contributed by atoms with Crippen LogP contribution in [0.3, 0.4) is 0 Å². The quantitative estimate of drug-likeness (QED) is 0.693. The molecule has 1 N–H and O–H groups in total. The first-order valence-electron chi connectivity index (χ1n) is 5.31. The van der Waals surface area contributed by atoms with Gasteiger partial charge in [-0.05, 0) is 19.3 Å². The molecule has 0 amide bonds. The fourth-order valence-corrected chi connectivity index (χ4v) is 1.91. The second-order valence-electron chi connectivity index (χ2n) is 3.58. The Labute approximate surface area is 80.7 Å². The normalized spacial score (nSPS) is 21.7. The summed E-state index contributed by atoms with van der Waals surface area (Å²) in [7, 11) is 0. The highest BCUT2D eigenvalue weighted by Gasteiger charge is 2.18. The Morgan fingerprint density at radius 1 is 1.38 bits per heavy atom. The van der Waals surface area contributed by atoms with Crippen molar-refractivity contribution in [1.29, 1.82) is 0 Å². The Hall–Kier alpha value is -0.120. The zero-order chi connectivity index (χ0) is 9.52. The predicted molar refractivity (Wildman–Crippen MR) is 52.8 cm³/mol. The number of hydrogen-bond acceptors (Lipinski definition) is 3. The third-order valence-electron chi connectivity index (χ3n) is 2.73. The topological polar surface area (TPSA) is 32.7 Å². The smallest absolute Gasteiger partial charge is 0.0594 e. The van der Waals surface area contributed by atoms with E-state index in [1.165, 1.54) is 6.42 Å². The van der Waals surface area contributed by atoms with Gasteiger partial charge in [0.1, 0.15) is 0 Å². The maximum atomic E-state index is 8.77. The monoisotopic (exact) mass is 187 g/mol. The molecule has 0 aromatic carbocycles. The van der Waals surface area contributed by atoms with Crippen molar-refractivity contribution in [2.75, 3.05) is 32.9 Å². The summed E-state index contributed by atoms with van der Waals surface area (Å²) in [6.45, 7) is 6.40. The van der Waals surface area contributed by atoms with Crippen molar-refractivity contribution in [3.8, 4) is 0 Å². The molecule has 0 aromatic rings. The van der Waals surface area contributed by atoms with E-state index in [4.69, 9.17) is 9.84 Å². The maximum Gasteiger partial charge on any atom is 0.0594 e. The van der Waals surface area contributed by atoms with Gasteiger partial charge in [-0.2, -0.15) is 0 Å². The molecule has 0 radical (unpaired) electrons. The van der Waals surface area contributed by atoms with Crippen LogP contribution in [0.2, 0.25) is 0 Å². The van der Waals surface area contributed by atoms with Gasteiger partial charge in [-0.25, -0.2) is 0 Å². The summed E-state index contributed by atoms with van der Waals surface area (Å²) in [6.07, 6.45) is 3.23. The number of aliphatic hydroxyl groups excluding tert-OH is 1. The summed E-state index contributed by atoms with van der Waals surface area (Å²) in [5.74, 6) is 0. The highest BCUT2D eigenvalue weighted by Crippen LogP contribution is 2.12. The van der Waals surface area contributed by atoms with Crippen LogP contribution in [0.25, 0.3) is 0 Å². The lowest BCUT2D eigenvalue weighted by Crippen LogP contribution is -2.43. The van der Waals surface area contributed by atoms with Crippen LogP contribution in [0, 0.1) is 0 Å². The fraction of sp³-hybridized carbons (Fsp3) is 1.00. The molecule has 13 heavy (non-hydrogen) atoms. The van der Waals surface area contributed by atoms with Crippen LogP contribution < -0.4 is 0 Å². The van der Waals surface area contributed by atoms with Gasteiger partial charge in [0, 0.05) is 25.7 Å². The lowest BCUT2D eigenvalue weighted by molar-refractivity contribution is 0.0127. The number of hydrogen-bond donors (Lipinski definition) is 1. The Balaban J connectivity index is 2.26. The Kier molecular flexibility index (Phi) is 5.35. The van der Waals surface area contributed by atoms with Gasteiger partial charge in [-0.15, -0.1) is 0 Å². The molecule has 1 aliphatic rings. The van der Waals surface area contributed by atoms with Crippen molar-refractivity contribution in [2.45, 2.75) is 32.2 Å². The van der Waals surface area contributed by atoms with Crippen LogP contribution in [0.5, 0.6) is 0 Å². The molecule has 1 atom stereocenters. The molecule has 0 spiro atoms. The maximum absolute atomic E-state index is 8.77. The first kappa shape index (κ1) is 11.0. The molecule has 1 fully saturated rings. The number of ether oxygens (including phenoxy) is 1. The predicted octanol–water partition coefficient (Wildman–Crippen LogP) is 0.870. The average Bonchev–Trinajstić information content (AvgIpc) is 2.21. The van der Waals surface area contributed by atoms with E-state index in [-0.39, 0.29) is 0 Å². The van der Waals surface area contributed by atoms with Crippen LogP contribution in [0.1, 0.15) is 26.2 Å². The first-order chi connectivity index (χ1) is 6.38. The number of rotatable bonds is 5. The fourth-order valence-electron chi connectivity index (χ4n) is 1.91. The number of morpholine rings is 1. The zero-order valence-corrected chi connectivity index (χ0v) is 8.54. The molecule has 1 rings (SSSR count). The lowest BCUT2D eigenvalue weighted by atomic mass is 10.1. The summed E-state index contributed by atoms with van der Waals surface area (Å²) in [5, 5.41) is 8.77. The third kappa shape index (κ3) is 3.63. The lowest BCUT2D eigenvalue weighted by Gasteiger charge is -2.33. The van der Waals surface area contributed by atoms with Crippen molar-refractivity contribution in [1.82, 2.24) is 4.90 Å². The van der Waals surface area contributed by atoms with Gasteiger partial charge in [0.2, 0.25) is 0 Å². The summed E-state index contributed by atoms with van der Waals surface area (Å²) < 4.78 is 5.31. The summed E-state index contributed by atoms with van der Waals surface area (Å²) >= 11 is 0. The van der Waals surface area contributed by atoms with E-state index >= 15 is 0 Å². The molecule has 0 bridgehead atoms. The molecule has 3 heteroatoms. The molecule has 1 heterocycles. The minimum Gasteiger partial charge on any atom is -0.396 e. The molecule has 0 saturated carbocycles. The van der Waals surface area contributed by atoms with Crippen LogP contribution >= 0.6 is 0 Å². The Bertz CT molecular complexity index is 124. The van der Waals surface area contributed by atoms with E-state index in [1.807, 2.05) is 0 Å².